The van der Waals surface area contributed by atoms with Crippen molar-refractivity contribution in [3.63, 3.8) is 0 Å². The van der Waals surface area contributed by atoms with E-state index in [1.807, 2.05) is 19.2 Å². The third-order valence-corrected chi connectivity index (χ3v) is 4.87. The zero-order valence-electron chi connectivity index (χ0n) is 12.0. The molecule has 4 nitrogen and oxygen atoms in total. The number of fused-ring (bicyclic) bond motifs is 1. The smallest absolute Gasteiger partial charge is 0.337 e. The van der Waals surface area contributed by atoms with Gasteiger partial charge < -0.3 is 9.64 Å². The molecule has 1 aromatic heterocycles. The molecule has 0 bridgehead atoms. The molecule has 1 fully saturated rings. The van der Waals surface area contributed by atoms with Gasteiger partial charge in [-0.2, -0.15) is 0 Å². The van der Waals surface area contributed by atoms with Gasteiger partial charge in [-0.15, -0.1) is 0 Å². The van der Waals surface area contributed by atoms with E-state index in [4.69, 9.17) is 9.72 Å². The van der Waals surface area contributed by atoms with Gasteiger partial charge in [0, 0.05) is 13.6 Å². The molecule has 0 saturated heterocycles. The Morgan fingerprint density at radius 3 is 2.85 bits per heavy atom. The molecule has 5 heteroatoms. The summed E-state index contributed by atoms with van der Waals surface area (Å²) in [6.07, 6.45) is 2.38. The number of methoxy groups -OCH3 is 1. The lowest BCUT2D eigenvalue weighted by atomic mass is 10.1. The summed E-state index contributed by atoms with van der Waals surface area (Å²) in [4.78, 5) is 18.7. The van der Waals surface area contributed by atoms with Crippen LogP contribution in [-0.4, -0.2) is 31.7 Å². The highest BCUT2D eigenvalue weighted by Gasteiger charge is 2.28. The third kappa shape index (κ3) is 2.26. The van der Waals surface area contributed by atoms with E-state index in [0.717, 1.165) is 21.9 Å². The number of hydrogen-bond donors (Lipinski definition) is 0. The first kappa shape index (κ1) is 13.4. The van der Waals surface area contributed by atoms with Gasteiger partial charge in [0.1, 0.15) is 0 Å². The number of benzene rings is 1. The molecule has 1 aliphatic carbocycles. The summed E-state index contributed by atoms with van der Waals surface area (Å²) in [5, 5.41) is 1.01. The Morgan fingerprint density at radius 1 is 1.50 bits per heavy atom. The summed E-state index contributed by atoms with van der Waals surface area (Å²) in [7, 11) is 3.46. The molecule has 1 aromatic carbocycles. The summed E-state index contributed by atoms with van der Waals surface area (Å²) in [6.45, 7) is 3.02. The average molecular weight is 290 g/mol. The molecule has 0 atom stereocenters. The van der Waals surface area contributed by atoms with Crippen molar-refractivity contribution in [1.29, 1.82) is 0 Å². The van der Waals surface area contributed by atoms with Crippen LogP contribution in [0.4, 0.5) is 5.13 Å². The van der Waals surface area contributed by atoms with Crippen LogP contribution in [0.1, 0.15) is 41.6 Å². The fourth-order valence-corrected chi connectivity index (χ4v) is 3.35. The summed E-state index contributed by atoms with van der Waals surface area (Å²) in [6, 6.07) is 3.86. The van der Waals surface area contributed by atoms with Crippen molar-refractivity contribution in [1.82, 2.24) is 4.98 Å². The van der Waals surface area contributed by atoms with Gasteiger partial charge in [-0.05, 0) is 43.4 Å². The van der Waals surface area contributed by atoms with Crippen molar-refractivity contribution in [2.45, 2.75) is 25.7 Å². The Hall–Kier alpha value is -1.62. The molecule has 0 radical (unpaired) electrons. The van der Waals surface area contributed by atoms with Crippen LogP contribution in [0.15, 0.2) is 12.1 Å². The van der Waals surface area contributed by atoms with Gasteiger partial charge >= 0.3 is 5.97 Å². The first-order valence-electron chi connectivity index (χ1n) is 6.88. The SMILES string of the molecule is CCN(C)c1nc2c(C3CC3)cc(C(=O)OC)cc2s1. The molecule has 0 amide bonds. The average Bonchev–Trinajstić information content (AvgIpc) is 3.22. The van der Waals surface area contributed by atoms with E-state index in [9.17, 15) is 4.79 Å². The number of thiazole rings is 1. The molecule has 106 valence electrons. The van der Waals surface area contributed by atoms with E-state index in [0.29, 0.717) is 11.5 Å². The Kier molecular flexibility index (Phi) is 3.38. The molecule has 0 N–H and O–H groups in total. The summed E-state index contributed by atoms with van der Waals surface area (Å²) in [5.74, 6) is 0.289. The Labute approximate surface area is 122 Å². The highest BCUT2D eigenvalue weighted by Crippen LogP contribution is 2.45. The molecule has 0 spiro atoms. The predicted octanol–water partition coefficient (Wildman–Crippen LogP) is 3.42. The van der Waals surface area contributed by atoms with Crippen LogP contribution in [0, 0.1) is 0 Å². The van der Waals surface area contributed by atoms with E-state index < -0.39 is 0 Å². The highest BCUT2D eigenvalue weighted by atomic mass is 32.1. The fraction of sp³-hybridized carbons (Fsp3) is 0.467. The fourth-order valence-electron chi connectivity index (χ4n) is 2.28. The van der Waals surface area contributed by atoms with Gasteiger partial charge in [-0.1, -0.05) is 11.3 Å². The van der Waals surface area contributed by atoms with Crippen molar-refractivity contribution in [2.24, 2.45) is 0 Å². The van der Waals surface area contributed by atoms with Gasteiger partial charge in [0.05, 0.1) is 22.9 Å². The third-order valence-electron chi connectivity index (χ3n) is 3.75. The molecular weight excluding hydrogens is 272 g/mol. The molecule has 1 aliphatic rings. The second kappa shape index (κ2) is 5.05. The second-order valence-corrected chi connectivity index (χ2v) is 6.20. The number of anilines is 1. The van der Waals surface area contributed by atoms with Crippen molar-refractivity contribution in [3.8, 4) is 0 Å². The van der Waals surface area contributed by atoms with Gasteiger partial charge in [-0.3, -0.25) is 0 Å². The number of carbonyl (C=O) groups is 1. The molecular formula is C15H18N2O2S. The number of ether oxygens (including phenoxy) is 1. The number of rotatable bonds is 4. The van der Waals surface area contributed by atoms with Crippen LogP contribution in [0.3, 0.4) is 0 Å². The summed E-state index contributed by atoms with van der Waals surface area (Å²) >= 11 is 1.64. The van der Waals surface area contributed by atoms with Gasteiger partial charge in [-0.25, -0.2) is 9.78 Å². The van der Waals surface area contributed by atoms with Crippen LogP contribution in [0.2, 0.25) is 0 Å². The predicted molar refractivity (Wildman–Crippen MR) is 81.9 cm³/mol. The van der Waals surface area contributed by atoms with Crippen molar-refractivity contribution in [3.05, 3.63) is 23.3 Å². The van der Waals surface area contributed by atoms with Crippen LogP contribution >= 0.6 is 11.3 Å². The molecule has 20 heavy (non-hydrogen) atoms. The number of aromatic nitrogens is 1. The van der Waals surface area contributed by atoms with Crippen molar-refractivity contribution < 1.29 is 9.53 Å². The lowest BCUT2D eigenvalue weighted by Crippen LogP contribution is -2.15. The number of esters is 1. The first-order valence-corrected chi connectivity index (χ1v) is 7.69. The molecule has 0 unspecified atom stereocenters. The number of carbonyl (C=O) groups excluding carboxylic acids is 1. The van der Waals surface area contributed by atoms with Crippen LogP contribution < -0.4 is 4.90 Å². The van der Waals surface area contributed by atoms with Gasteiger partial charge in [0.15, 0.2) is 5.13 Å². The summed E-state index contributed by atoms with van der Waals surface area (Å²) in [5.41, 5.74) is 2.90. The van der Waals surface area contributed by atoms with Gasteiger partial charge in [0.2, 0.25) is 0 Å². The molecule has 1 heterocycles. The Bertz CT molecular complexity index is 661. The lowest BCUT2D eigenvalue weighted by molar-refractivity contribution is 0.0601. The molecule has 3 rings (SSSR count). The number of hydrogen-bond acceptors (Lipinski definition) is 5. The van der Waals surface area contributed by atoms with E-state index in [1.165, 1.54) is 25.5 Å². The Balaban J connectivity index is 2.15. The minimum absolute atomic E-state index is 0.271. The standard InChI is InChI=1S/C15H18N2O2S/c1-4-17(2)15-16-13-11(9-5-6-9)7-10(14(18)19-3)8-12(13)20-15/h7-9H,4-6H2,1-3H3. The van der Waals surface area contributed by atoms with Crippen LogP contribution in [0.25, 0.3) is 10.2 Å². The monoisotopic (exact) mass is 290 g/mol. The maximum absolute atomic E-state index is 11.8. The lowest BCUT2D eigenvalue weighted by Gasteiger charge is -2.10. The van der Waals surface area contributed by atoms with E-state index >= 15 is 0 Å². The minimum Gasteiger partial charge on any atom is -0.465 e. The molecule has 0 aliphatic heterocycles. The zero-order chi connectivity index (χ0) is 14.3. The maximum Gasteiger partial charge on any atom is 0.337 e. The molecule has 2 aromatic rings. The quantitative estimate of drug-likeness (QED) is 0.809. The van der Waals surface area contributed by atoms with Crippen molar-refractivity contribution in [2.75, 3.05) is 25.6 Å². The van der Waals surface area contributed by atoms with Crippen LogP contribution in [-0.2, 0) is 4.74 Å². The Morgan fingerprint density at radius 2 is 2.25 bits per heavy atom. The topological polar surface area (TPSA) is 42.4 Å². The number of nitrogens with zero attached hydrogens (tertiary/aromatic N) is 2. The maximum atomic E-state index is 11.8. The minimum atomic E-state index is -0.271. The zero-order valence-corrected chi connectivity index (χ0v) is 12.8. The summed E-state index contributed by atoms with van der Waals surface area (Å²) < 4.78 is 5.92. The van der Waals surface area contributed by atoms with Crippen LogP contribution in [0.5, 0.6) is 0 Å². The highest BCUT2D eigenvalue weighted by molar-refractivity contribution is 7.22. The van der Waals surface area contributed by atoms with Gasteiger partial charge in [0.25, 0.3) is 0 Å². The largest absolute Gasteiger partial charge is 0.465 e. The van der Waals surface area contributed by atoms with E-state index in [2.05, 4.69) is 11.8 Å². The molecule has 1 saturated carbocycles. The van der Waals surface area contributed by atoms with E-state index in [-0.39, 0.29) is 5.97 Å². The van der Waals surface area contributed by atoms with E-state index in [1.54, 1.807) is 11.3 Å². The second-order valence-electron chi connectivity index (χ2n) is 5.19. The first-order chi connectivity index (χ1) is 9.63. The van der Waals surface area contributed by atoms with Crippen molar-refractivity contribution >= 4 is 32.7 Å². The normalized spacial score (nSPS) is 14.6.